The molecule has 0 aliphatic carbocycles. The maximum absolute atomic E-state index is 12.4. The van der Waals surface area contributed by atoms with Crippen molar-refractivity contribution in [3.8, 4) is 0 Å². The molecule has 2 rings (SSSR count). The lowest BCUT2D eigenvalue weighted by Gasteiger charge is -2.21. The first kappa shape index (κ1) is 15.6. The molecule has 0 fully saturated rings. The maximum Gasteiger partial charge on any atom is 0.235 e. The minimum absolute atomic E-state index is 0.0491. The minimum atomic E-state index is -3.50. The van der Waals surface area contributed by atoms with Crippen molar-refractivity contribution in [2.75, 3.05) is 22.8 Å². The Morgan fingerprint density at radius 3 is 2.71 bits per heavy atom. The van der Waals surface area contributed by atoms with Crippen LogP contribution in [0.2, 0.25) is 5.02 Å². The summed E-state index contributed by atoms with van der Waals surface area (Å²) < 4.78 is 25.9. The molecule has 2 aromatic rings. The number of rotatable bonds is 5. The number of hydrogen-bond donors (Lipinski definition) is 1. The second-order valence-electron chi connectivity index (χ2n) is 4.56. The number of aromatic nitrogens is 1. The quantitative estimate of drug-likeness (QED) is 0.856. The molecule has 7 heteroatoms. The average molecular weight is 326 g/mol. The van der Waals surface area contributed by atoms with Crippen LogP contribution in [0.15, 0.2) is 42.6 Å². The number of aryl methyl sites for hydroxylation is 1. The molecule has 0 saturated carbocycles. The Balaban J connectivity index is 2.17. The van der Waals surface area contributed by atoms with E-state index in [9.17, 15) is 8.42 Å². The highest BCUT2D eigenvalue weighted by atomic mass is 35.5. The van der Waals surface area contributed by atoms with Crippen LogP contribution in [0, 0.1) is 0 Å². The average Bonchev–Trinajstić information content (AvgIpc) is 2.48. The summed E-state index contributed by atoms with van der Waals surface area (Å²) in [5, 5.41) is 0.436. The van der Waals surface area contributed by atoms with E-state index in [2.05, 4.69) is 4.98 Å². The van der Waals surface area contributed by atoms with Crippen molar-refractivity contribution in [1.82, 2.24) is 4.98 Å². The molecule has 21 heavy (non-hydrogen) atoms. The molecule has 0 radical (unpaired) electrons. The molecule has 5 nitrogen and oxygen atoms in total. The van der Waals surface area contributed by atoms with Crippen LogP contribution in [0.1, 0.15) is 5.69 Å². The lowest BCUT2D eigenvalue weighted by atomic mass is 10.3. The summed E-state index contributed by atoms with van der Waals surface area (Å²) in [7, 11) is -2.03. The molecule has 0 aliphatic heterocycles. The van der Waals surface area contributed by atoms with Gasteiger partial charge in [-0.05, 0) is 30.3 Å². The van der Waals surface area contributed by atoms with E-state index in [1.807, 2.05) is 6.07 Å². The summed E-state index contributed by atoms with van der Waals surface area (Å²) in [6.07, 6.45) is 1.98. The number of nitrogens with zero attached hydrogens (tertiary/aromatic N) is 2. The maximum atomic E-state index is 12.4. The number of benzene rings is 1. The molecule has 1 aromatic carbocycles. The van der Waals surface area contributed by atoms with Gasteiger partial charge in [-0.15, -0.1) is 0 Å². The molecule has 1 aromatic heterocycles. The monoisotopic (exact) mass is 325 g/mol. The van der Waals surface area contributed by atoms with E-state index in [-0.39, 0.29) is 5.75 Å². The zero-order valence-corrected chi connectivity index (χ0v) is 13.1. The number of sulfonamides is 1. The van der Waals surface area contributed by atoms with Crippen LogP contribution in [0.4, 0.5) is 11.4 Å². The van der Waals surface area contributed by atoms with Crippen molar-refractivity contribution in [2.24, 2.45) is 0 Å². The fourth-order valence-corrected chi connectivity index (χ4v) is 3.22. The van der Waals surface area contributed by atoms with E-state index in [1.54, 1.807) is 30.5 Å². The van der Waals surface area contributed by atoms with Crippen molar-refractivity contribution >= 4 is 33.0 Å². The van der Waals surface area contributed by atoms with Gasteiger partial charge in [-0.25, -0.2) is 8.42 Å². The fraction of sp³-hybridized carbons (Fsp3) is 0.214. The van der Waals surface area contributed by atoms with Gasteiger partial charge in [0.1, 0.15) is 0 Å². The topological polar surface area (TPSA) is 76.3 Å². The Hall–Kier alpha value is -1.79. The smallest absolute Gasteiger partial charge is 0.235 e. The molecule has 0 spiro atoms. The van der Waals surface area contributed by atoms with Crippen molar-refractivity contribution in [3.05, 3.63) is 53.3 Å². The van der Waals surface area contributed by atoms with Gasteiger partial charge in [0, 0.05) is 30.4 Å². The second kappa shape index (κ2) is 6.32. The fourth-order valence-electron chi connectivity index (χ4n) is 1.86. The highest BCUT2D eigenvalue weighted by Gasteiger charge is 2.20. The lowest BCUT2D eigenvalue weighted by molar-refractivity contribution is 0.593. The standard InChI is InChI=1S/C14H16ClN3O2S/c1-18(14-10-11(15)5-6-13(14)16)21(19,20)9-7-12-4-2-3-8-17-12/h2-6,8,10H,7,9,16H2,1H3. The largest absolute Gasteiger partial charge is 0.397 e. The van der Waals surface area contributed by atoms with E-state index in [1.165, 1.54) is 13.1 Å². The molecule has 2 N–H and O–H groups in total. The molecule has 0 bridgehead atoms. The number of pyridine rings is 1. The van der Waals surface area contributed by atoms with Gasteiger partial charge in [0.05, 0.1) is 17.1 Å². The van der Waals surface area contributed by atoms with Gasteiger partial charge < -0.3 is 5.73 Å². The molecule has 0 aliphatic rings. The molecule has 1 heterocycles. The summed E-state index contributed by atoms with van der Waals surface area (Å²) in [6, 6.07) is 10.2. The van der Waals surface area contributed by atoms with Gasteiger partial charge in [-0.2, -0.15) is 0 Å². The molecule has 0 unspecified atom stereocenters. The van der Waals surface area contributed by atoms with Crippen LogP contribution in [-0.4, -0.2) is 26.2 Å². The van der Waals surface area contributed by atoms with Crippen LogP contribution in [0.3, 0.4) is 0 Å². The second-order valence-corrected chi connectivity index (χ2v) is 7.11. The van der Waals surface area contributed by atoms with Crippen LogP contribution >= 0.6 is 11.6 Å². The number of nitrogen functional groups attached to an aromatic ring is 1. The van der Waals surface area contributed by atoms with Gasteiger partial charge in [0.2, 0.25) is 10.0 Å². The van der Waals surface area contributed by atoms with E-state index in [0.717, 1.165) is 10.00 Å². The predicted molar refractivity (Wildman–Crippen MR) is 86.0 cm³/mol. The molecular weight excluding hydrogens is 310 g/mol. The Bertz CT molecular complexity index is 720. The van der Waals surface area contributed by atoms with Crippen LogP contribution < -0.4 is 10.0 Å². The Labute approximate surface area is 129 Å². The first-order valence-corrected chi connectivity index (χ1v) is 8.30. The van der Waals surface area contributed by atoms with Crippen molar-refractivity contribution in [2.45, 2.75) is 6.42 Å². The predicted octanol–water partition coefficient (Wildman–Crippen LogP) is 2.33. The molecular formula is C14H16ClN3O2S. The first-order valence-electron chi connectivity index (χ1n) is 6.32. The van der Waals surface area contributed by atoms with Crippen LogP contribution in [0.5, 0.6) is 0 Å². The first-order chi connectivity index (χ1) is 9.90. The summed E-state index contributed by atoms with van der Waals surface area (Å²) in [5.74, 6) is -0.0491. The van der Waals surface area contributed by atoms with Crippen molar-refractivity contribution in [3.63, 3.8) is 0 Å². The summed E-state index contributed by atoms with van der Waals surface area (Å²) >= 11 is 5.90. The highest BCUT2D eigenvalue weighted by molar-refractivity contribution is 7.92. The molecule has 112 valence electrons. The zero-order chi connectivity index (χ0) is 15.5. The van der Waals surface area contributed by atoms with Gasteiger partial charge in [-0.1, -0.05) is 17.7 Å². The molecule has 0 atom stereocenters. The van der Waals surface area contributed by atoms with E-state index in [0.29, 0.717) is 22.8 Å². The van der Waals surface area contributed by atoms with Crippen LogP contribution in [-0.2, 0) is 16.4 Å². The van der Waals surface area contributed by atoms with E-state index >= 15 is 0 Å². The van der Waals surface area contributed by atoms with Crippen molar-refractivity contribution in [1.29, 1.82) is 0 Å². The third kappa shape index (κ3) is 3.86. The highest BCUT2D eigenvalue weighted by Crippen LogP contribution is 2.28. The third-order valence-corrected chi connectivity index (χ3v) is 5.08. The minimum Gasteiger partial charge on any atom is -0.397 e. The SMILES string of the molecule is CN(c1cc(Cl)ccc1N)S(=O)(=O)CCc1ccccn1. The molecule has 0 saturated heterocycles. The van der Waals surface area contributed by atoms with Gasteiger partial charge >= 0.3 is 0 Å². The lowest BCUT2D eigenvalue weighted by Crippen LogP contribution is -2.30. The number of halogens is 1. The summed E-state index contributed by atoms with van der Waals surface area (Å²) in [5.41, 5.74) is 7.29. The van der Waals surface area contributed by atoms with Gasteiger partial charge in [0.25, 0.3) is 0 Å². The van der Waals surface area contributed by atoms with Gasteiger partial charge in [0.15, 0.2) is 0 Å². The Kier molecular flexibility index (Phi) is 4.69. The Morgan fingerprint density at radius 1 is 1.29 bits per heavy atom. The normalized spacial score (nSPS) is 11.3. The number of anilines is 2. The molecule has 0 amide bonds. The Morgan fingerprint density at radius 2 is 2.05 bits per heavy atom. The van der Waals surface area contributed by atoms with Gasteiger partial charge in [-0.3, -0.25) is 9.29 Å². The summed E-state index contributed by atoms with van der Waals surface area (Å²) in [4.78, 5) is 4.12. The van der Waals surface area contributed by atoms with E-state index < -0.39 is 10.0 Å². The van der Waals surface area contributed by atoms with Crippen LogP contribution in [0.25, 0.3) is 0 Å². The van der Waals surface area contributed by atoms with Crippen molar-refractivity contribution < 1.29 is 8.42 Å². The number of hydrogen-bond acceptors (Lipinski definition) is 4. The third-order valence-electron chi connectivity index (χ3n) is 3.09. The number of nitrogens with two attached hydrogens (primary N) is 1. The zero-order valence-electron chi connectivity index (χ0n) is 11.5. The van der Waals surface area contributed by atoms with E-state index in [4.69, 9.17) is 17.3 Å². The summed E-state index contributed by atoms with van der Waals surface area (Å²) in [6.45, 7) is 0.